The van der Waals surface area contributed by atoms with E-state index in [-0.39, 0.29) is 11.8 Å². The number of hydrogen-bond acceptors (Lipinski definition) is 2. The third-order valence-corrected chi connectivity index (χ3v) is 2.04. The van der Waals surface area contributed by atoms with E-state index in [4.69, 9.17) is 5.26 Å². The second-order valence-corrected chi connectivity index (χ2v) is 3.16. The minimum Gasteiger partial charge on any atom is -0.341 e. The lowest BCUT2D eigenvalue weighted by Gasteiger charge is -2.20. The van der Waals surface area contributed by atoms with Crippen LogP contribution in [0.4, 0.5) is 0 Å². The quantitative estimate of drug-likeness (QED) is 0.688. The van der Waals surface area contributed by atoms with Gasteiger partial charge in [-0.2, -0.15) is 5.26 Å². The van der Waals surface area contributed by atoms with Gasteiger partial charge in [-0.25, -0.2) is 0 Å². The Labute approximate surface area is 81.5 Å². The van der Waals surface area contributed by atoms with Gasteiger partial charge in [0.05, 0.1) is 17.3 Å². The third kappa shape index (κ3) is 3.72. The fourth-order valence-electron chi connectivity index (χ4n) is 0.863. The standard InChI is InChI=1S/C8H13BrN2O/c1-3-11(8(12)4-9)6-7(2)5-10/h7H,3-4,6H2,1-2H3. The summed E-state index contributed by atoms with van der Waals surface area (Å²) in [5.41, 5.74) is 0. The molecule has 1 amide bonds. The number of carbonyl (C=O) groups excluding carboxylic acids is 1. The van der Waals surface area contributed by atoms with Crippen molar-refractivity contribution in [2.75, 3.05) is 18.4 Å². The molecule has 0 heterocycles. The van der Waals surface area contributed by atoms with Crippen molar-refractivity contribution in [3.63, 3.8) is 0 Å². The van der Waals surface area contributed by atoms with Crippen molar-refractivity contribution >= 4 is 21.8 Å². The van der Waals surface area contributed by atoms with Crippen molar-refractivity contribution in [1.82, 2.24) is 4.90 Å². The maximum absolute atomic E-state index is 11.2. The Balaban J connectivity index is 4.01. The molecular formula is C8H13BrN2O. The molecule has 0 N–H and O–H groups in total. The predicted octanol–water partition coefficient (Wildman–Crippen LogP) is 1.39. The van der Waals surface area contributed by atoms with E-state index in [1.54, 1.807) is 4.90 Å². The zero-order valence-electron chi connectivity index (χ0n) is 7.38. The van der Waals surface area contributed by atoms with Gasteiger partial charge in [0.2, 0.25) is 5.91 Å². The first-order valence-electron chi connectivity index (χ1n) is 3.89. The predicted molar refractivity (Wildman–Crippen MR) is 50.8 cm³/mol. The molecule has 0 aromatic heterocycles. The summed E-state index contributed by atoms with van der Waals surface area (Å²) >= 11 is 3.09. The molecule has 0 aliphatic heterocycles. The van der Waals surface area contributed by atoms with Gasteiger partial charge in [0, 0.05) is 13.1 Å². The molecule has 0 saturated carbocycles. The molecule has 0 radical (unpaired) electrons. The summed E-state index contributed by atoms with van der Waals surface area (Å²) < 4.78 is 0. The summed E-state index contributed by atoms with van der Waals surface area (Å²) in [6.45, 7) is 4.91. The van der Waals surface area contributed by atoms with Gasteiger partial charge in [-0.1, -0.05) is 15.9 Å². The molecule has 0 bridgehead atoms. The first kappa shape index (κ1) is 11.4. The second-order valence-electron chi connectivity index (χ2n) is 2.60. The van der Waals surface area contributed by atoms with E-state index < -0.39 is 0 Å². The van der Waals surface area contributed by atoms with Crippen molar-refractivity contribution < 1.29 is 4.79 Å². The summed E-state index contributed by atoms with van der Waals surface area (Å²) in [7, 11) is 0. The van der Waals surface area contributed by atoms with Crippen LogP contribution < -0.4 is 0 Å². The Morgan fingerprint density at radius 1 is 1.75 bits per heavy atom. The van der Waals surface area contributed by atoms with Crippen molar-refractivity contribution in [3.05, 3.63) is 0 Å². The van der Waals surface area contributed by atoms with Crippen LogP contribution in [0.2, 0.25) is 0 Å². The number of nitriles is 1. The molecule has 12 heavy (non-hydrogen) atoms. The largest absolute Gasteiger partial charge is 0.341 e. The van der Waals surface area contributed by atoms with Gasteiger partial charge >= 0.3 is 0 Å². The molecule has 0 aromatic carbocycles. The summed E-state index contributed by atoms with van der Waals surface area (Å²) in [5, 5.41) is 8.87. The van der Waals surface area contributed by atoms with Gasteiger partial charge in [0.15, 0.2) is 0 Å². The zero-order valence-corrected chi connectivity index (χ0v) is 8.97. The van der Waals surface area contributed by atoms with Gasteiger partial charge in [-0.3, -0.25) is 4.79 Å². The second kappa shape index (κ2) is 6.01. The van der Waals surface area contributed by atoms with Crippen LogP contribution in [0.25, 0.3) is 0 Å². The van der Waals surface area contributed by atoms with Gasteiger partial charge in [0.25, 0.3) is 0 Å². The van der Waals surface area contributed by atoms with Crippen LogP contribution in [-0.2, 0) is 4.79 Å². The van der Waals surface area contributed by atoms with E-state index in [1.165, 1.54) is 0 Å². The van der Waals surface area contributed by atoms with Gasteiger partial charge in [-0.15, -0.1) is 0 Å². The van der Waals surface area contributed by atoms with Crippen LogP contribution in [0.3, 0.4) is 0 Å². The van der Waals surface area contributed by atoms with Crippen LogP contribution in [0, 0.1) is 17.2 Å². The van der Waals surface area contributed by atoms with Gasteiger partial charge < -0.3 is 4.90 Å². The van der Waals surface area contributed by atoms with Crippen molar-refractivity contribution in [1.29, 1.82) is 5.26 Å². The maximum atomic E-state index is 11.2. The minimum absolute atomic E-state index is 0.0413. The highest BCUT2D eigenvalue weighted by Crippen LogP contribution is 2.00. The number of nitrogens with zero attached hydrogens (tertiary/aromatic N) is 2. The van der Waals surface area contributed by atoms with Crippen molar-refractivity contribution in [3.8, 4) is 6.07 Å². The third-order valence-electron chi connectivity index (χ3n) is 1.56. The first-order valence-corrected chi connectivity index (χ1v) is 5.01. The summed E-state index contributed by atoms with van der Waals surface area (Å²) in [4.78, 5) is 12.8. The zero-order chi connectivity index (χ0) is 9.56. The topological polar surface area (TPSA) is 44.1 Å². The molecule has 0 aliphatic rings. The summed E-state index contributed by atoms with van der Waals surface area (Å²) in [6.07, 6.45) is 0. The number of hydrogen-bond donors (Lipinski definition) is 0. The van der Waals surface area contributed by atoms with E-state index >= 15 is 0 Å². The van der Waals surface area contributed by atoms with Crippen molar-refractivity contribution in [2.45, 2.75) is 13.8 Å². The van der Waals surface area contributed by atoms with E-state index in [9.17, 15) is 4.79 Å². The number of alkyl halides is 1. The lowest BCUT2D eigenvalue weighted by atomic mass is 10.2. The lowest BCUT2D eigenvalue weighted by molar-refractivity contribution is -0.128. The fraction of sp³-hybridized carbons (Fsp3) is 0.750. The molecule has 0 spiro atoms. The number of halogens is 1. The molecule has 68 valence electrons. The molecule has 0 rings (SSSR count). The van der Waals surface area contributed by atoms with Crippen LogP contribution in [0.5, 0.6) is 0 Å². The minimum atomic E-state index is -0.0899. The van der Waals surface area contributed by atoms with Crippen LogP contribution in [-0.4, -0.2) is 29.2 Å². The Kier molecular flexibility index (Phi) is 5.73. The van der Waals surface area contributed by atoms with Gasteiger partial charge in [-0.05, 0) is 13.8 Å². The number of amides is 1. The maximum Gasteiger partial charge on any atom is 0.233 e. The Bertz CT molecular complexity index is 188. The molecule has 1 atom stereocenters. The summed E-state index contributed by atoms with van der Waals surface area (Å²) in [6, 6.07) is 2.10. The van der Waals surface area contributed by atoms with E-state index in [0.29, 0.717) is 18.4 Å². The van der Waals surface area contributed by atoms with Crippen LogP contribution >= 0.6 is 15.9 Å². The van der Waals surface area contributed by atoms with Crippen LogP contribution in [0.15, 0.2) is 0 Å². The van der Waals surface area contributed by atoms with E-state index in [2.05, 4.69) is 22.0 Å². The van der Waals surface area contributed by atoms with E-state index in [0.717, 1.165) is 0 Å². The highest BCUT2D eigenvalue weighted by atomic mass is 79.9. The highest BCUT2D eigenvalue weighted by molar-refractivity contribution is 9.09. The Hall–Kier alpha value is -0.560. The molecule has 4 heteroatoms. The molecular weight excluding hydrogens is 220 g/mol. The number of rotatable bonds is 4. The highest BCUT2D eigenvalue weighted by Gasteiger charge is 2.12. The molecule has 0 fully saturated rings. The van der Waals surface area contributed by atoms with Crippen LogP contribution in [0.1, 0.15) is 13.8 Å². The molecule has 0 aromatic rings. The lowest BCUT2D eigenvalue weighted by Crippen LogP contribution is -2.34. The Morgan fingerprint density at radius 3 is 2.67 bits per heavy atom. The Morgan fingerprint density at radius 2 is 2.33 bits per heavy atom. The molecule has 3 nitrogen and oxygen atoms in total. The van der Waals surface area contributed by atoms with Gasteiger partial charge in [0.1, 0.15) is 0 Å². The fourth-order valence-corrected chi connectivity index (χ4v) is 1.22. The SMILES string of the molecule is CCN(CC(C)C#N)C(=O)CBr. The molecule has 0 saturated heterocycles. The van der Waals surface area contributed by atoms with Crippen molar-refractivity contribution in [2.24, 2.45) is 5.92 Å². The summed E-state index contributed by atoms with van der Waals surface area (Å²) in [5.74, 6) is -0.0486. The normalized spacial score (nSPS) is 11.8. The number of carbonyl (C=O) groups is 1. The molecule has 1 unspecified atom stereocenters. The smallest absolute Gasteiger partial charge is 0.233 e. The average molecular weight is 233 g/mol. The average Bonchev–Trinajstić information content (AvgIpc) is 2.12. The van der Waals surface area contributed by atoms with E-state index in [1.807, 2.05) is 13.8 Å². The molecule has 0 aliphatic carbocycles. The first-order chi connectivity index (χ1) is 5.65. The monoisotopic (exact) mass is 232 g/mol.